The number of rotatable bonds is 4. The van der Waals surface area contributed by atoms with Crippen molar-refractivity contribution in [1.29, 1.82) is 0 Å². The molecule has 2 rings (SSSR count). The lowest BCUT2D eigenvalue weighted by Gasteiger charge is -2.24. The Labute approximate surface area is 104 Å². The number of phenolic OH excluding ortho intramolecular Hbond substituents is 1. The second kappa shape index (κ2) is 5.09. The largest absolute Gasteiger partial charge is 0.507 e. The van der Waals surface area contributed by atoms with E-state index >= 15 is 0 Å². The van der Waals surface area contributed by atoms with Crippen molar-refractivity contribution in [2.45, 2.75) is 46.1 Å². The molecule has 2 nitrogen and oxygen atoms in total. The van der Waals surface area contributed by atoms with Gasteiger partial charge in [-0.15, -0.1) is 0 Å². The molecular formula is C15H23NO. The summed E-state index contributed by atoms with van der Waals surface area (Å²) < 4.78 is 0. The molecule has 0 radical (unpaired) electrons. The third-order valence-corrected chi connectivity index (χ3v) is 4.00. The molecular weight excluding hydrogens is 210 g/mol. The topological polar surface area (TPSA) is 32.3 Å². The van der Waals surface area contributed by atoms with Gasteiger partial charge >= 0.3 is 0 Å². The molecule has 0 heterocycles. The molecule has 2 N–H and O–H groups in total. The smallest absolute Gasteiger partial charge is 0.122 e. The molecule has 1 aromatic carbocycles. The Morgan fingerprint density at radius 2 is 2.00 bits per heavy atom. The van der Waals surface area contributed by atoms with Crippen LogP contribution in [0.15, 0.2) is 18.2 Å². The van der Waals surface area contributed by atoms with Crippen LogP contribution in [0.4, 0.5) is 0 Å². The summed E-state index contributed by atoms with van der Waals surface area (Å²) in [7, 11) is 0. The summed E-state index contributed by atoms with van der Waals surface area (Å²) in [6.45, 7) is 6.13. The van der Waals surface area contributed by atoms with Crippen molar-refractivity contribution in [3.8, 4) is 5.75 Å². The van der Waals surface area contributed by atoms with Crippen LogP contribution in [0.25, 0.3) is 0 Å². The SMILES string of the molecule is Cc1cccc(CNCC2(C)CCCC2)c1O. The molecule has 1 saturated carbocycles. The normalized spacial score (nSPS) is 18.5. The van der Waals surface area contributed by atoms with E-state index in [0.29, 0.717) is 11.2 Å². The number of para-hydroxylation sites is 1. The van der Waals surface area contributed by atoms with Gasteiger partial charge in [0.15, 0.2) is 0 Å². The number of aryl methyl sites for hydroxylation is 1. The lowest BCUT2D eigenvalue weighted by molar-refractivity contribution is 0.313. The molecule has 0 aliphatic heterocycles. The van der Waals surface area contributed by atoms with Crippen molar-refractivity contribution in [1.82, 2.24) is 5.32 Å². The van der Waals surface area contributed by atoms with Gasteiger partial charge < -0.3 is 10.4 Å². The third kappa shape index (κ3) is 3.01. The standard InChI is InChI=1S/C15H23NO/c1-12-6-5-7-13(14(12)17)10-16-11-15(2)8-3-4-9-15/h5-7,16-17H,3-4,8-11H2,1-2H3. The first-order valence-corrected chi connectivity index (χ1v) is 6.59. The average Bonchev–Trinajstić information content (AvgIpc) is 2.72. The fourth-order valence-corrected chi connectivity index (χ4v) is 2.77. The van der Waals surface area contributed by atoms with E-state index in [2.05, 4.69) is 12.2 Å². The van der Waals surface area contributed by atoms with Gasteiger partial charge in [0.2, 0.25) is 0 Å². The van der Waals surface area contributed by atoms with E-state index in [-0.39, 0.29) is 0 Å². The predicted molar refractivity (Wildman–Crippen MR) is 71.1 cm³/mol. The first-order chi connectivity index (χ1) is 8.11. The molecule has 0 saturated heterocycles. The number of nitrogens with one attached hydrogen (secondary N) is 1. The molecule has 1 fully saturated rings. The van der Waals surface area contributed by atoms with Crippen LogP contribution in [-0.2, 0) is 6.54 Å². The molecule has 0 unspecified atom stereocenters. The van der Waals surface area contributed by atoms with Gasteiger partial charge in [0.25, 0.3) is 0 Å². The summed E-state index contributed by atoms with van der Waals surface area (Å²) in [4.78, 5) is 0. The highest BCUT2D eigenvalue weighted by atomic mass is 16.3. The minimum Gasteiger partial charge on any atom is -0.507 e. The molecule has 0 aromatic heterocycles. The molecule has 1 aromatic rings. The molecule has 0 amide bonds. The molecule has 0 bridgehead atoms. The van der Waals surface area contributed by atoms with Crippen molar-refractivity contribution in [3.05, 3.63) is 29.3 Å². The summed E-state index contributed by atoms with van der Waals surface area (Å²) in [5.41, 5.74) is 2.43. The highest BCUT2D eigenvalue weighted by Gasteiger charge is 2.27. The second-order valence-corrected chi connectivity index (χ2v) is 5.70. The quantitative estimate of drug-likeness (QED) is 0.835. The van der Waals surface area contributed by atoms with Crippen LogP contribution in [0.5, 0.6) is 5.75 Å². The maximum absolute atomic E-state index is 9.91. The van der Waals surface area contributed by atoms with Crippen LogP contribution in [0.1, 0.15) is 43.7 Å². The van der Waals surface area contributed by atoms with E-state index in [9.17, 15) is 5.11 Å². The number of aromatic hydroxyl groups is 1. The Morgan fingerprint density at radius 1 is 1.29 bits per heavy atom. The molecule has 17 heavy (non-hydrogen) atoms. The summed E-state index contributed by atoms with van der Waals surface area (Å²) in [6.07, 6.45) is 5.40. The monoisotopic (exact) mass is 233 g/mol. The number of hydrogen-bond acceptors (Lipinski definition) is 2. The van der Waals surface area contributed by atoms with E-state index in [1.54, 1.807) is 0 Å². The Hall–Kier alpha value is -1.02. The molecule has 1 aliphatic rings. The maximum Gasteiger partial charge on any atom is 0.122 e. The highest BCUT2D eigenvalue weighted by Crippen LogP contribution is 2.36. The zero-order valence-corrected chi connectivity index (χ0v) is 10.9. The average molecular weight is 233 g/mol. The molecule has 0 atom stereocenters. The summed E-state index contributed by atoms with van der Waals surface area (Å²) in [6, 6.07) is 5.94. The molecule has 2 heteroatoms. The van der Waals surface area contributed by atoms with Gasteiger partial charge in [0, 0.05) is 18.7 Å². The number of hydrogen-bond donors (Lipinski definition) is 2. The first kappa shape index (κ1) is 12.4. The van der Waals surface area contributed by atoms with E-state index in [1.807, 2.05) is 25.1 Å². The fourth-order valence-electron chi connectivity index (χ4n) is 2.77. The Kier molecular flexibility index (Phi) is 3.72. The Morgan fingerprint density at radius 3 is 2.71 bits per heavy atom. The zero-order valence-electron chi connectivity index (χ0n) is 10.9. The van der Waals surface area contributed by atoms with Crippen molar-refractivity contribution in [2.24, 2.45) is 5.41 Å². The van der Waals surface area contributed by atoms with E-state index in [4.69, 9.17) is 0 Å². The number of benzene rings is 1. The zero-order chi connectivity index (χ0) is 12.3. The van der Waals surface area contributed by atoms with Crippen molar-refractivity contribution in [3.63, 3.8) is 0 Å². The molecule has 1 aliphatic carbocycles. The first-order valence-electron chi connectivity index (χ1n) is 6.59. The summed E-state index contributed by atoms with van der Waals surface area (Å²) >= 11 is 0. The van der Waals surface area contributed by atoms with Gasteiger partial charge in [0.1, 0.15) is 5.75 Å². The van der Waals surface area contributed by atoms with Gasteiger partial charge in [-0.1, -0.05) is 38.0 Å². The van der Waals surface area contributed by atoms with E-state index in [0.717, 1.165) is 24.2 Å². The maximum atomic E-state index is 9.91. The minimum absolute atomic E-state index is 0.441. The summed E-state index contributed by atoms with van der Waals surface area (Å²) in [5, 5.41) is 13.4. The van der Waals surface area contributed by atoms with Crippen LogP contribution in [0.3, 0.4) is 0 Å². The number of phenols is 1. The third-order valence-electron chi connectivity index (χ3n) is 4.00. The van der Waals surface area contributed by atoms with Crippen LogP contribution >= 0.6 is 0 Å². The van der Waals surface area contributed by atoms with E-state index in [1.165, 1.54) is 25.7 Å². The Bertz CT molecular complexity index is 381. The van der Waals surface area contributed by atoms with Crippen LogP contribution in [0, 0.1) is 12.3 Å². The van der Waals surface area contributed by atoms with Gasteiger partial charge in [0.05, 0.1) is 0 Å². The van der Waals surface area contributed by atoms with E-state index < -0.39 is 0 Å². The van der Waals surface area contributed by atoms with Crippen LogP contribution in [0.2, 0.25) is 0 Å². The van der Waals surface area contributed by atoms with Crippen molar-refractivity contribution >= 4 is 0 Å². The minimum atomic E-state index is 0.441. The lowest BCUT2D eigenvalue weighted by atomic mass is 9.89. The lowest BCUT2D eigenvalue weighted by Crippen LogP contribution is -2.29. The summed E-state index contributed by atoms with van der Waals surface area (Å²) in [5.74, 6) is 0.441. The predicted octanol–water partition coefficient (Wildman–Crippen LogP) is 3.37. The second-order valence-electron chi connectivity index (χ2n) is 5.70. The van der Waals surface area contributed by atoms with Gasteiger partial charge in [-0.05, 0) is 30.7 Å². The fraction of sp³-hybridized carbons (Fsp3) is 0.600. The molecule has 94 valence electrons. The van der Waals surface area contributed by atoms with Gasteiger partial charge in [-0.25, -0.2) is 0 Å². The Balaban J connectivity index is 1.88. The molecule has 0 spiro atoms. The van der Waals surface area contributed by atoms with Crippen molar-refractivity contribution < 1.29 is 5.11 Å². The van der Waals surface area contributed by atoms with Crippen molar-refractivity contribution in [2.75, 3.05) is 6.54 Å². The van der Waals surface area contributed by atoms with Gasteiger partial charge in [-0.2, -0.15) is 0 Å². The van der Waals surface area contributed by atoms with Crippen LogP contribution < -0.4 is 5.32 Å². The van der Waals surface area contributed by atoms with Gasteiger partial charge in [-0.3, -0.25) is 0 Å². The van der Waals surface area contributed by atoms with Crippen LogP contribution in [-0.4, -0.2) is 11.7 Å². The highest BCUT2D eigenvalue weighted by molar-refractivity contribution is 5.39.